The largest absolute Gasteiger partial charge is 0.366 e. The van der Waals surface area contributed by atoms with Gasteiger partial charge in [0, 0.05) is 17.3 Å². The van der Waals surface area contributed by atoms with E-state index in [4.69, 9.17) is 5.73 Å². The number of amides is 1. The fourth-order valence-corrected chi connectivity index (χ4v) is 0.697. The molecule has 3 nitrogen and oxygen atoms in total. The van der Waals surface area contributed by atoms with Crippen LogP contribution in [0.4, 0.5) is 4.39 Å². The molecule has 0 atom stereocenters. The molecule has 0 aliphatic carbocycles. The number of carbonyl (C=O) groups is 1. The fraction of sp³-hybridized carbons (Fsp3) is 0. The Hall–Kier alpha value is -1.71. The number of nitrogens with two attached hydrogens (primary N) is 1. The van der Waals surface area contributed by atoms with Gasteiger partial charge in [0.15, 0.2) is 0 Å². The van der Waals surface area contributed by atoms with Crippen LogP contribution in [0.3, 0.4) is 0 Å². The first kappa shape index (κ1) is 8.39. The lowest BCUT2D eigenvalue weighted by molar-refractivity contribution is -0.112. The summed E-state index contributed by atoms with van der Waals surface area (Å²) in [6, 6.07) is 2.54. The SMILES string of the molecule is C=C(C(N)=O)c1ccc(F)nc1. The second-order valence-electron chi connectivity index (χ2n) is 2.21. The Kier molecular flexibility index (Phi) is 2.19. The van der Waals surface area contributed by atoms with Crippen molar-refractivity contribution in [1.82, 2.24) is 4.98 Å². The van der Waals surface area contributed by atoms with Crippen LogP contribution < -0.4 is 5.73 Å². The summed E-state index contributed by atoms with van der Waals surface area (Å²) in [7, 11) is 0. The van der Waals surface area contributed by atoms with Crippen LogP contribution in [0.5, 0.6) is 0 Å². The summed E-state index contributed by atoms with van der Waals surface area (Å²) in [5.41, 5.74) is 5.51. The lowest BCUT2D eigenvalue weighted by atomic mass is 10.1. The summed E-state index contributed by atoms with van der Waals surface area (Å²) in [6.45, 7) is 3.42. The molecule has 0 aliphatic rings. The Labute approximate surface area is 68.7 Å². The molecule has 0 aliphatic heterocycles. The normalized spacial score (nSPS) is 9.42. The molecule has 2 N–H and O–H groups in total. The summed E-state index contributed by atoms with van der Waals surface area (Å²) in [5, 5.41) is 0. The minimum Gasteiger partial charge on any atom is -0.366 e. The minimum absolute atomic E-state index is 0.127. The van der Waals surface area contributed by atoms with Gasteiger partial charge in [-0.05, 0) is 12.1 Å². The van der Waals surface area contributed by atoms with Crippen molar-refractivity contribution in [2.24, 2.45) is 5.73 Å². The number of halogens is 1. The van der Waals surface area contributed by atoms with Crippen LogP contribution >= 0.6 is 0 Å². The van der Waals surface area contributed by atoms with Crippen molar-refractivity contribution in [3.05, 3.63) is 36.4 Å². The molecule has 12 heavy (non-hydrogen) atoms. The summed E-state index contributed by atoms with van der Waals surface area (Å²) in [4.78, 5) is 13.9. The highest BCUT2D eigenvalue weighted by Crippen LogP contribution is 2.09. The molecule has 1 rings (SSSR count). The van der Waals surface area contributed by atoms with Crippen molar-refractivity contribution in [1.29, 1.82) is 0 Å². The Morgan fingerprint density at radius 1 is 1.58 bits per heavy atom. The molecule has 0 bridgehead atoms. The molecule has 0 unspecified atom stereocenters. The lowest BCUT2D eigenvalue weighted by Gasteiger charge is -1.98. The average Bonchev–Trinajstić information content (AvgIpc) is 2.04. The third-order valence-electron chi connectivity index (χ3n) is 1.37. The zero-order valence-electron chi connectivity index (χ0n) is 6.25. The molecule has 0 aromatic carbocycles. The highest BCUT2D eigenvalue weighted by Gasteiger charge is 2.04. The Balaban J connectivity index is 2.98. The first-order valence-electron chi connectivity index (χ1n) is 3.22. The van der Waals surface area contributed by atoms with Gasteiger partial charge in [0.25, 0.3) is 0 Å². The van der Waals surface area contributed by atoms with Crippen LogP contribution in [0.2, 0.25) is 0 Å². The number of primary amides is 1. The summed E-state index contributed by atoms with van der Waals surface area (Å²) in [5.74, 6) is -1.24. The van der Waals surface area contributed by atoms with Crippen LogP contribution in [0, 0.1) is 5.95 Å². The highest BCUT2D eigenvalue weighted by molar-refractivity contribution is 6.17. The summed E-state index contributed by atoms with van der Waals surface area (Å²) < 4.78 is 12.3. The lowest BCUT2D eigenvalue weighted by Crippen LogP contribution is -2.12. The van der Waals surface area contributed by atoms with E-state index in [2.05, 4.69) is 11.6 Å². The molecule has 0 fully saturated rings. The molecule has 62 valence electrons. The van der Waals surface area contributed by atoms with Crippen molar-refractivity contribution in [2.75, 3.05) is 0 Å². The van der Waals surface area contributed by atoms with E-state index < -0.39 is 11.9 Å². The second kappa shape index (κ2) is 3.13. The first-order valence-corrected chi connectivity index (χ1v) is 3.22. The van der Waals surface area contributed by atoms with Crippen molar-refractivity contribution in [3.8, 4) is 0 Å². The molecule has 0 saturated carbocycles. The van der Waals surface area contributed by atoms with Gasteiger partial charge in [0.05, 0.1) is 0 Å². The molecule has 4 heteroatoms. The third-order valence-corrected chi connectivity index (χ3v) is 1.37. The number of aromatic nitrogens is 1. The first-order chi connectivity index (χ1) is 5.61. The van der Waals surface area contributed by atoms with Gasteiger partial charge in [0.1, 0.15) is 0 Å². The number of pyridine rings is 1. The molecule has 0 radical (unpaired) electrons. The zero-order chi connectivity index (χ0) is 9.14. The molecule has 1 amide bonds. The van der Waals surface area contributed by atoms with Crippen LogP contribution in [0.15, 0.2) is 24.9 Å². The van der Waals surface area contributed by atoms with Gasteiger partial charge >= 0.3 is 0 Å². The van der Waals surface area contributed by atoms with E-state index in [0.717, 1.165) is 6.07 Å². The predicted octanol–water partition coefficient (Wildman–Crippen LogP) is 0.719. The number of rotatable bonds is 2. The predicted molar refractivity (Wildman–Crippen MR) is 42.4 cm³/mol. The van der Waals surface area contributed by atoms with Crippen LogP contribution in [0.1, 0.15) is 5.56 Å². The molecule has 0 saturated heterocycles. The maximum atomic E-state index is 12.3. The van der Waals surface area contributed by atoms with Crippen LogP contribution in [-0.2, 0) is 4.79 Å². The fourth-order valence-electron chi connectivity index (χ4n) is 0.697. The smallest absolute Gasteiger partial charge is 0.248 e. The number of nitrogens with zero attached hydrogens (tertiary/aromatic N) is 1. The van der Waals surface area contributed by atoms with Gasteiger partial charge in [-0.25, -0.2) is 4.98 Å². The number of hydrogen-bond acceptors (Lipinski definition) is 2. The zero-order valence-corrected chi connectivity index (χ0v) is 6.25. The monoisotopic (exact) mass is 166 g/mol. The Bertz CT molecular complexity index is 318. The maximum Gasteiger partial charge on any atom is 0.248 e. The van der Waals surface area contributed by atoms with E-state index in [1.165, 1.54) is 12.3 Å². The van der Waals surface area contributed by atoms with Gasteiger partial charge in [0.2, 0.25) is 11.9 Å². The van der Waals surface area contributed by atoms with E-state index in [0.29, 0.717) is 5.56 Å². The number of carbonyl (C=O) groups excluding carboxylic acids is 1. The standard InChI is InChI=1S/C8H7FN2O/c1-5(8(10)12)6-2-3-7(9)11-4-6/h2-4H,1H2,(H2,10,12). The molecule has 1 aromatic rings. The number of hydrogen-bond donors (Lipinski definition) is 1. The van der Waals surface area contributed by atoms with Crippen molar-refractivity contribution in [3.63, 3.8) is 0 Å². The summed E-state index contributed by atoms with van der Waals surface area (Å²) >= 11 is 0. The van der Waals surface area contributed by atoms with E-state index >= 15 is 0 Å². The van der Waals surface area contributed by atoms with E-state index in [1.807, 2.05) is 0 Å². The van der Waals surface area contributed by atoms with Crippen LogP contribution in [0.25, 0.3) is 5.57 Å². The maximum absolute atomic E-state index is 12.3. The molecule has 0 spiro atoms. The van der Waals surface area contributed by atoms with Gasteiger partial charge < -0.3 is 5.73 Å². The quantitative estimate of drug-likeness (QED) is 0.519. The summed E-state index contributed by atoms with van der Waals surface area (Å²) in [6.07, 6.45) is 1.21. The Morgan fingerprint density at radius 3 is 2.67 bits per heavy atom. The van der Waals surface area contributed by atoms with Gasteiger partial charge in [-0.2, -0.15) is 4.39 Å². The topological polar surface area (TPSA) is 56.0 Å². The van der Waals surface area contributed by atoms with Crippen LogP contribution in [-0.4, -0.2) is 10.9 Å². The van der Waals surface area contributed by atoms with Gasteiger partial charge in [-0.3, -0.25) is 4.79 Å². The minimum atomic E-state index is -0.636. The van der Waals surface area contributed by atoms with E-state index in [9.17, 15) is 9.18 Å². The molecule has 1 heterocycles. The molecular formula is C8H7FN2O. The van der Waals surface area contributed by atoms with E-state index in [-0.39, 0.29) is 5.57 Å². The van der Waals surface area contributed by atoms with Crippen molar-refractivity contribution < 1.29 is 9.18 Å². The second-order valence-corrected chi connectivity index (χ2v) is 2.21. The highest BCUT2D eigenvalue weighted by atomic mass is 19.1. The van der Waals surface area contributed by atoms with Gasteiger partial charge in [-0.1, -0.05) is 6.58 Å². The van der Waals surface area contributed by atoms with Crippen molar-refractivity contribution in [2.45, 2.75) is 0 Å². The van der Waals surface area contributed by atoms with Crippen molar-refractivity contribution >= 4 is 11.5 Å². The van der Waals surface area contributed by atoms with Gasteiger partial charge in [-0.15, -0.1) is 0 Å². The third kappa shape index (κ3) is 1.66. The van der Waals surface area contributed by atoms with E-state index in [1.54, 1.807) is 0 Å². The molecule has 1 aromatic heterocycles. The Morgan fingerprint density at radius 2 is 2.25 bits per heavy atom. The average molecular weight is 166 g/mol. The molecular weight excluding hydrogens is 159 g/mol.